The van der Waals surface area contributed by atoms with Crippen molar-refractivity contribution < 1.29 is 9.53 Å². The summed E-state index contributed by atoms with van der Waals surface area (Å²) in [5, 5.41) is 0. The molecule has 1 atom stereocenters. The topological polar surface area (TPSA) is 29.5 Å². The number of ether oxygens (including phenoxy) is 1. The van der Waals surface area contributed by atoms with Gasteiger partial charge >= 0.3 is 0 Å². The normalized spacial score (nSPS) is 19.5. The summed E-state index contributed by atoms with van der Waals surface area (Å²) in [4.78, 5) is 14.2. The van der Waals surface area contributed by atoms with Crippen molar-refractivity contribution in [2.45, 2.75) is 57.2 Å². The molecule has 1 aliphatic carbocycles. The SMILES string of the molecule is Cc1ccccc1C(C=O)N(C)C1CCC(c2ccc(OCc3ccccc3)cc2)CC1. The smallest absolute Gasteiger partial charge is 0.141 e. The molecule has 3 aromatic rings. The molecule has 3 aromatic carbocycles. The fourth-order valence-corrected chi connectivity index (χ4v) is 4.93. The van der Waals surface area contributed by atoms with Gasteiger partial charge in [0.1, 0.15) is 18.6 Å². The standard InChI is InChI=1S/C29H33NO2/c1-22-8-6-7-11-28(22)29(20-31)30(2)26-16-12-24(13-17-26)25-14-18-27(19-15-25)32-21-23-9-4-3-5-10-23/h3-11,14-15,18-20,24,26,29H,12-13,16-17,21H2,1-2H3. The summed E-state index contributed by atoms with van der Waals surface area (Å²) in [5.74, 6) is 1.49. The van der Waals surface area contributed by atoms with Gasteiger partial charge in [-0.05, 0) is 80.0 Å². The Kier molecular flexibility index (Phi) is 7.39. The second kappa shape index (κ2) is 10.6. The molecule has 0 N–H and O–H groups in total. The van der Waals surface area contributed by atoms with Gasteiger partial charge in [0, 0.05) is 6.04 Å². The molecule has 3 heteroatoms. The van der Waals surface area contributed by atoms with Gasteiger partial charge in [-0.25, -0.2) is 0 Å². The minimum Gasteiger partial charge on any atom is -0.489 e. The van der Waals surface area contributed by atoms with Crippen molar-refractivity contribution in [1.29, 1.82) is 0 Å². The Morgan fingerprint density at radius 3 is 2.22 bits per heavy atom. The molecule has 4 rings (SSSR count). The van der Waals surface area contributed by atoms with Crippen molar-refractivity contribution in [1.82, 2.24) is 4.90 Å². The highest BCUT2D eigenvalue weighted by Crippen LogP contribution is 2.37. The predicted molar refractivity (Wildman–Crippen MR) is 130 cm³/mol. The van der Waals surface area contributed by atoms with E-state index in [1.807, 2.05) is 30.3 Å². The first-order valence-electron chi connectivity index (χ1n) is 11.6. The highest BCUT2D eigenvalue weighted by Gasteiger charge is 2.29. The van der Waals surface area contributed by atoms with E-state index in [4.69, 9.17) is 4.74 Å². The van der Waals surface area contributed by atoms with Gasteiger partial charge in [-0.3, -0.25) is 4.90 Å². The van der Waals surface area contributed by atoms with Gasteiger partial charge in [-0.15, -0.1) is 0 Å². The number of benzene rings is 3. The van der Waals surface area contributed by atoms with Crippen molar-refractivity contribution in [3.8, 4) is 5.75 Å². The van der Waals surface area contributed by atoms with Crippen molar-refractivity contribution in [3.63, 3.8) is 0 Å². The van der Waals surface area contributed by atoms with Crippen molar-refractivity contribution >= 4 is 6.29 Å². The molecular formula is C29H33NO2. The first kappa shape index (κ1) is 22.3. The van der Waals surface area contributed by atoms with Gasteiger partial charge in [0.25, 0.3) is 0 Å². The number of aryl methyl sites for hydroxylation is 1. The first-order valence-corrected chi connectivity index (χ1v) is 11.6. The molecule has 0 aromatic heterocycles. The molecule has 166 valence electrons. The summed E-state index contributed by atoms with van der Waals surface area (Å²) in [7, 11) is 2.11. The van der Waals surface area contributed by atoms with Gasteiger partial charge in [0.05, 0.1) is 6.04 Å². The largest absolute Gasteiger partial charge is 0.489 e. The molecule has 0 heterocycles. The van der Waals surface area contributed by atoms with Crippen molar-refractivity contribution in [2.24, 2.45) is 0 Å². The lowest BCUT2D eigenvalue weighted by Crippen LogP contribution is -2.38. The molecule has 0 radical (unpaired) electrons. The molecule has 1 saturated carbocycles. The lowest BCUT2D eigenvalue weighted by Gasteiger charge is -2.38. The lowest BCUT2D eigenvalue weighted by atomic mass is 9.81. The van der Waals surface area contributed by atoms with Crippen LogP contribution in [0.5, 0.6) is 5.75 Å². The van der Waals surface area contributed by atoms with E-state index in [0.29, 0.717) is 18.6 Å². The summed E-state index contributed by atoms with van der Waals surface area (Å²) in [6, 6.07) is 27.4. The Morgan fingerprint density at radius 2 is 1.56 bits per heavy atom. The summed E-state index contributed by atoms with van der Waals surface area (Å²) in [6.45, 7) is 2.68. The number of carbonyl (C=O) groups excluding carboxylic acids is 1. The summed E-state index contributed by atoms with van der Waals surface area (Å²) >= 11 is 0. The van der Waals surface area contributed by atoms with Crippen LogP contribution in [0.4, 0.5) is 0 Å². The van der Waals surface area contributed by atoms with E-state index in [2.05, 4.69) is 67.4 Å². The van der Waals surface area contributed by atoms with Crippen LogP contribution in [0.2, 0.25) is 0 Å². The van der Waals surface area contributed by atoms with Crippen molar-refractivity contribution in [3.05, 3.63) is 101 Å². The lowest BCUT2D eigenvalue weighted by molar-refractivity contribution is -0.113. The molecule has 1 fully saturated rings. The van der Waals surface area contributed by atoms with Gasteiger partial charge < -0.3 is 9.53 Å². The van der Waals surface area contributed by atoms with Gasteiger partial charge in [-0.2, -0.15) is 0 Å². The Balaban J connectivity index is 1.32. The zero-order chi connectivity index (χ0) is 22.3. The minimum atomic E-state index is -0.168. The molecule has 0 amide bonds. The third-order valence-corrected chi connectivity index (χ3v) is 6.95. The van der Waals surface area contributed by atoms with Crippen LogP contribution in [0.3, 0.4) is 0 Å². The van der Waals surface area contributed by atoms with E-state index in [9.17, 15) is 4.79 Å². The molecule has 0 bridgehead atoms. The zero-order valence-corrected chi connectivity index (χ0v) is 19.1. The molecule has 1 unspecified atom stereocenters. The second-order valence-electron chi connectivity index (χ2n) is 8.95. The molecule has 1 aliphatic rings. The molecule has 32 heavy (non-hydrogen) atoms. The average molecular weight is 428 g/mol. The molecule has 0 saturated heterocycles. The number of aldehydes is 1. The Labute approximate surface area is 192 Å². The van der Waals surface area contributed by atoms with Crippen LogP contribution in [0.15, 0.2) is 78.9 Å². The van der Waals surface area contributed by atoms with Crippen LogP contribution in [0.1, 0.15) is 59.9 Å². The Hall–Kier alpha value is -2.91. The number of hydrogen-bond acceptors (Lipinski definition) is 3. The highest BCUT2D eigenvalue weighted by atomic mass is 16.5. The quantitative estimate of drug-likeness (QED) is 0.386. The number of likely N-dealkylation sites (N-methyl/N-ethyl adjacent to an activating group) is 1. The van der Waals surface area contributed by atoms with E-state index in [1.54, 1.807) is 0 Å². The van der Waals surface area contributed by atoms with Gasteiger partial charge in [-0.1, -0.05) is 66.7 Å². The summed E-state index contributed by atoms with van der Waals surface area (Å²) in [5.41, 5.74) is 4.88. The van der Waals surface area contributed by atoms with Crippen molar-refractivity contribution in [2.75, 3.05) is 7.05 Å². The van der Waals surface area contributed by atoms with Crippen LogP contribution in [0, 0.1) is 6.92 Å². The van der Waals surface area contributed by atoms with Crippen LogP contribution >= 0.6 is 0 Å². The van der Waals surface area contributed by atoms with E-state index >= 15 is 0 Å². The van der Waals surface area contributed by atoms with Gasteiger partial charge in [0.2, 0.25) is 0 Å². The monoisotopic (exact) mass is 427 g/mol. The minimum absolute atomic E-state index is 0.168. The van der Waals surface area contributed by atoms with E-state index in [0.717, 1.165) is 43.3 Å². The first-order chi connectivity index (χ1) is 15.7. The van der Waals surface area contributed by atoms with Crippen LogP contribution < -0.4 is 4.74 Å². The molecular weight excluding hydrogens is 394 g/mol. The fraction of sp³-hybridized carbons (Fsp3) is 0.345. The van der Waals surface area contributed by atoms with E-state index < -0.39 is 0 Å². The summed E-state index contributed by atoms with van der Waals surface area (Å²) in [6.07, 6.45) is 5.63. The Morgan fingerprint density at radius 1 is 0.906 bits per heavy atom. The van der Waals surface area contributed by atoms with Crippen LogP contribution in [-0.2, 0) is 11.4 Å². The highest BCUT2D eigenvalue weighted by molar-refractivity contribution is 5.62. The molecule has 0 spiro atoms. The maximum Gasteiger partial charge on any atom is 0.141 e. The third-order valence-electron chi connectivity index (χ3n) is 6.95. The average Bonchev–Trinajstić information content (AvgIpc) is 2.85. The van der Waals surface area contributed by atoms with E-state index in [1.165, 1.54) is 16.7 Å². The predicted octanol–water partition coefficient (Wildman–Crippen LogP) is 6.47. The van der Waals surface area contributed by atoms with E-state index in [-0.39, 0.29) is 6.04 Å². The molecule has 0 aliphatic heterocycles. The zero-order valence-electron chi connectivity index (χ0n) is 19.1. The van der Waals surface area contributed by atoms with Crippen LogP contribution in [-0.4, -0.2) is 24.3 Å². The fourth-order valence-electron chi connectivity index (χ4n) is 4.93. The maximum atomic E-state index is 11.9. The Bertz CT molecular complexity index is 991. The second-order valence-corrected chi connectivity index (χ2v) is 8.95. The number of rotatable bonds is 8. The number of carbonyl (C=O) groups is 1. The maximum absolute atomic E-state index is 11.9. The van der Waals surface area contributed by atoms with Gasteiger partial charge in [0.15, 0.2) is 0 Å². The number of nitrogens with zero attached hydrogens (tertiary/aromatic N) is 1. The van der Waals surface area contributed by atoms with Crippen LogP contribution in [0.25, 0.3) is 0 Å². The number of hydrogen-bond donors (Lipinski definition) is 0. The third kappa shape index (κ3) is 5.28. The molecule has 3 nitrogen and oxygen atoms in total. The summed E-state index contributed by atoms with van der Waals surface area (Å²) < 4.78 is 5.93.